The van der Waals surface area contributed by atoms with Crippen molar-refractivity contribution in [3.05, 3.63) is 102 Å². The van der Waals surface area contributed by atoms with Crippen LogP contribution in [0.4, 0.5) is 0 Å². The summed E-state index contributed by atoms with van der Waals surface area (Å²) in [5, 5.41) is 0. The van der Waals surface area contributed by atoms with Crippen molar-refractivity contribution < 1.29 is 58.2 Å². The van der Waals surface area contributed by atoms with Gasteiger partial charge in [-0.05, 0) is 38.8 Å². The maximum atomic E-state index is 2.21. The summed E-state index contributed by atoms with van der Waals surface area (Å²) in [6, 6.07) is 12.2. The van der Waals surface area contributed by atoms with Crippen LogP contribution in [0.5, 0.6) is 0 Å². The zero-order valence-corrected chi connectivity index (χ0v) is 21.4. The van der Waals surface area contributed by atoms with Gasteiger partial charge in [0.2, 0.25) is 0 Å². The molecule has 0 N–H and O–H groups in total. The molecule has 0 spiro atoms. The molecule has 0 saturated carbocycles. The molecule has 4 rings (SSSR count). The van der Waals surface area contributed by atoms with Crippen LogP contribution in [0.25, 0.3) is 0 Å². The average Bonchev–Trinajstić information content (AvgIpc) is 3.31. The Labute approximate surface area is 225 Å². The summed E-state index contributed by atoms with van der Waals surface area (Å²) in [5.74, 6) is 0. The van der Waals surface area contributed by atoms with Crippen molar-refractivity contribution in [2.75, 3.05) is 0 Å². The minimum atomic E-state index is 0. The van der Waals surface area contributed by atoms with E-state index in [1.54, 1.807) is 0 Å². The molecule has 2 heteroatoms. The van der Waals surface area contributed by atoms with Crippen LogP contribution in [0.1, 0.15) is 54.5 Å². The first-order valence-corrected chi connectivity index (χ1v) is 8.49. The van der Waals surface area contributed by atoms with E-state index in [1.165, 1.54) is 23.1 Å². The number of allylic oxidation sites excluding steroid dienone is 8. The molecular formula is C26H42NRb. The first-order valence-electron chi connectivity index (χ1n) is 8.49. The van der Waals surface area contributed by atoms with Crippen LogP contribution >= 0.6 is 0 Å². The second-order valence-corrected chi connectivity index (χ2v) is 6.04. The molecule has 1 heterocycles. The zero-order valence-electron chi connectivity index (χ0n) is 16.4. The van der Waals surface area contributed by atoms with E-state index < -0.39 is 0 Å². The first-order chi connectivity index (χ1) is 11.6. The van der Waals surface area contributed by atoms with Gasteiger partial charge in [-0.15, -0.1) is 0 Å². The Morgan fingerprint density at radius 2 is 1.46 bits per heavy atom. The molecule has 2 aliphatic carbocycles. The molecule has 0 amide bonds. The normalized spacial score (nSPS) is 11.7. The summed E-state index contributed by atoms with van der Waals surface area (Å²) < 4.78 is 2.00. The Morgan fingerprint density at radius 3 is 1.61 bits per heavy atom. The van der Waals surface area contributed by atoms with Crippen molar-refractivity contribution in [2.24, 2.45) is 7.05 Å². The molecule has 0 unspecified atom stereocenters. The van der Waals surface area contributed by atoms with E-state index in [1.807, 2.05) is 48.3 Å². The smallest absolute Gasteiger partial charge is 0.357 e. The van der Waals surface area contributed by atoms with Gasteiger partial charge in [0.05, 0.1) is 0 Å². The predicted octanol–water partition coefficient (Wildman–Crippen LogP) is 5.44. The summed E-state index contributed by atoms with van der Waals surface area (Å²) >= 11 is 0. The van der Waals surface area contributed by atoms with E-state index in [2.05, 4.69) is 69.4 Å². The summed E-state index contributed by atoms with van der Waals surface area (Å²) in [5.41, 5.74) is 4.21. The van der Waals surface area contributed by atoms with Crippen LogP contribution in [0.2, 0.25) is 0 Å². The van der Waals surface area contributed by atoms with Crippen molar-refractivity contribution in [1.29, 1.82) is 0 Å². The van der Waals surface area contributed by atoms with Gasteiger partial charge < -0.3 is 4.57 Å². The van der Waals surface area contributed by atoms with Crippen molar-refractivity contribution in [1.82, 2.24) is 4.57 Å². The van der Waals surface area contributed by atoms with Gasteiger partial charge in [-0.25, -0.2) is 12.1 Å². The van der Waals surface area contributed by atoms with Gasteiger partial charge in [0.1, 0.15) is 0 Å². The monoisotopic (exact) mass is 453 g/mol. The molecule has 1 nitrogen and oxygen atoms in total. The Hall–Kier alpha value is -0.605. The third-order valence-electron chi connectivity index (χ3n) is 3.50. The third kappa shape index (κ3) is 20.1. The number of hydrogen-bond acceptors (Lipinski definition) is 0. The van der Waals surface area contributed by atoms with E-state index in [0.29, 0.717) is 0 Å². The number of rotatable bonds is 0. The molecule has 1 aromatic carbocycles. The fraction of sp³-hybridized carbons (Fsp3) is 0.346. The quantitative estimate of drug-likeness (QED) is 0.468. The average molecular weight is 454 g/mol. The van der Waals surface area contributed by atoms with Gasteiger partial charge in [-0.1, -0.05) is 76.8 Å². The second kappa shape index (κ2) is 22.7. The summed E-state index contributed by atoms with van der Waals surface area (Å²) in [7, 11) is 2.00. The maximum absolute atomic E-state index is 2.21. The topological polar surface area (TPSA) is 4.93 Å². The number of aromatic nitrogens is 1. The molecule has 28 heavy (non-hydrogen) atoms. The summed E-state index contributed by atoms with van der Waals surface area (Å²) in [4.78, 5) is 0. The van der Waals surface area contributed by atoms with Crippen LogP contribution in [0.15, 0.2) is 96.4 Å². The Kier molecular flexibility index (Phi) is 28.2. The van der Waals surface area contributed by atoms with E-state index in [-0.39, 0.29) is 80.5 Å². The van der Waals surface area contributed by atoms with Crippen LogP contribution in [0.3, 0.4) is 0 Å². The van der Waals surface area contributed by atoms with E-state index in [9.17, 15) is 0 Å². The van der Waals surface area contributed by atoms with Gasteiger partial charge in [0.25, 0.3) is 0 Å². The van der Waals surface area contributed by atoms with Gasteiger partial charge in [-0.3, -0.25) is 0 Å². The molecule has 0 aliphatic heterocycles. The molecule has 0 fully saturated rings. The van der Waals surface area contributed by atoms with Crippen LogP contribution in [-0.4, -0.2) is 4.57 Å². The largest absolute Gasteiger partial charge is 1.00 e. The number of nitrogens with zero attached hydrogens (tertiary/aromatic N) is 1. The van der Waals surface area contributed by atoms with Crippen molar-refractivity contribution in [3.8, 4) is 0 Å². The van der Waals surface area contributed by atoms with Gasteiger partial charge in [0, 0.05) is 19.4 Å². The number of hydrogen-bond donors (Lipinski definition) is 0. The van der Waals surface area contributed by atoms with Crippen molar-refractivity contribution in [2.45, 2.75) is 55.9 Å². The molecule has 0 bridgehead atoms. The minimum absolute atomic E-state index is 0. The third-order valence-corrected chi connectivity index (χ3v) is 3.50. The zero-order chi connectivity index (χ0) is 17.6. The standard InChI is InChI=1S/2C6H8.C6H7.C5H7N.3CH4.Rb/c4*1-6-4-2-3-5-6;;;;/h2,4-5H,3H2,1H3;2-4H,5H2,1H3;2*2-5H,1H3;3*1H4;/q;;-1;;;;;+1. The fourth-order valence-electron chi connectivity index (χ4n) is 2.02. The molecule has 0 atom stereocenters. The molecule has 152 valence electrons. The van der Waals surface area contributed by atoms with Crippen LogP contribution in [-0.2, 0) is 7.05 Å². The Balaban J connectivity index is -0.000000131. The van der Waals surface area contributed by atoms with E-state index in [0.717, 1.165) is 6.42 Å². The van der Waals surface area contributed by atoms with Crippen molar-refractivity contribution >= 4 is 0 Å². The van der Waals surface area contributed by atoms with E-state index in [4.69, 9.17) is 0 Å². The first kappa shape index (κ1) is 34.9. The SMILES string of the molecule is C.C.C.CC1=CC=CC1.CC1=CCC=C1.C[c-]1cccc1.Cn1cccc1.[Rb+]. The second-order valence-electron chi connectivity index (χ2n) is 6.04. The van der Waals surface area contributed by atoms with Gasteiger partial charge in [-0.2, -0.15) is 17.7 Å². The summed E-state index contributed by atoms with van der Waals surface area (Å²) in [6.45, 7) is 6.34. The maximum Gasteiger partial charge on any atom is 1.00 e. The molecule has 0 radical (unpaired) electrons. The van der Waals surface area contributed by atoms with Crippen LogP contribution in [0, 0.1) is 6.92 Å². The molecule has 0 saturated heterocycles. The molecule has 2 aliphatic rings. The van der Waals surface area contributed by atoms with E-state index >= 15 is 0 Å². The Bertz CT molecular complexity index is 618. The molecule has 2 aromatic rings. The predicted molar refractivity (Wildman–Crippen MR) is 127 cm³/mol. The van der Waals surface area contributed by atoms with Crippen LogP contribution < -0.4 is 58.2 Å². The molecular weight excluding hydrogens is 412 g/mol. The fourth-order valence-corrected chi connectivity index (χ4v) is 2.02. The number of aryl methyl sites for hydroxylation is 2. The summed E-state index contributed by atoms with van der Waals surface area (Å²) in [6.07, 6.45) is 19.2. The Morgan fingerprint density at radius 1 is 0.893 bits per heavy atom. The van der Waals surface area contributed by atoms with Crippen molar-refractivity contribution in [3.63, 3.8) is 0 Å². The minimum Gasteiger partial charge on any atom is -0.357 e. The molecule has 1 aromatic heterocycles. The van der Waals surface area contributed by atoms with Gasteiger partial charge in [0.15, 0.2) is 0 Å². The van der Waals surface area contributed by atoms with Gasteiger partial charge >= 0.3 is 58.2 Å².